The summed E-state index contributed by atoms with van der Waals surface area (Å²) in [6, 6.07) is 6.45. The van der Waals surface area contributed by atoms with Gasteiger partial charge >= 0.3 is 5.69 Å². The topological polar surface area (TPSA) is 70.0 Å². The third-order valence-electron chi connectivity index (χ3n) is 2.95. The predicted molar refractivity (Wildman–Crippen MR) is 75.6 cm³/mol. The van der Waals surface area contributed by atoms with Crippen molar-refractivity contribution in [1.29, 1.82) is 0 Å². The van der Waals surface area contributed by atoms with E-state index < -0.39 is 0 Å². The van der Waals surface area contributed by atoms with Gasteiger partial charge in [0, 0.05) is 35.1 Å². The molecule has 0 amide bonds. The molecule has 2 N–H and O–H groups in total. The quantitative estimate of drug-likeness (QED) is 0.862. The molecule has 100 valence electrons. The summed E-state index contributed by atoms with van der Waals surface area (Å²) in [6.07, 6.45) is 1.48. The van der Waals surface area contributed by atoms with Crippen LogP contribution >= 0.6 is 11.6 Å². The SMILES string of the molecule is CCn1ccc(=O)n(Cc2c(N)cccc2Cl)c1=O. The Bertz CT molecular complexity index is 698. The Kier molecular flexibility index (Phi) is 3.76. The van der Waals surface area contributed by atoms with Gasteiger partial charge in [0.05, 0.1) is 6.54 Å². The van der Waals surface area contributed by atoms with Gasteiger partial charge in [0.1, 0.15) is 0 Å². The van der Waals surface area contributed by atoms with Crippen molar-refractivity contribution < 1.29 is 0 Å². The van der Waals surface area contributed by atoms with Crippen LogP contribution in [0.15, 0.2) is 40.1 Å². The molecular weight excluding hydrogens is 266 g/mol. The second kappa shape index (κ2) is 5.32. The molecule has 0 radical (unpaired) electrons. The number of nitrogen functional groups attached to an aromatic ring is 1. The molecule has 1 aromatic carbocycles. The number of aryl methyl sites for hydroxylation is 1. The lowest BCUT2D eigenvalue weighted by atomic mass is 10.2. The first-order valence-electron chi connectivity index (χ1n) is 5.87. The molecule has 0 spiro atoms. The van der Waals surface area contributed by atoms with Gasteiger partial charge in [0.25, 0.3) is 5.56 Å². The number of hydrogen-bond acceptors (Lipinski definition) is 3. The molecule has 2 rings (SSSR count). The Morgan fingerprint density at radius 2 is 2.00 bits per heavy atom. The molecule has 0 fully saturated rings. The van der Waals surface area contributed by atoms with Crippen molar-refractivity contribution in [2.45, 2.75) is 20.0 Å². The molecule has 1 aromatic heterocycles. The Morgan fingerprint density at radius 3 is 2.63 bits per heavy atom. The van der Waals surface area contributed by atoms with Crippen molar-refractivity contribution in [2.75, 3.05) is 5.73 Å². The van der Waals surface area contributed by atoms with E-state index in [1.165, 1.54) is 16.8 Å². The predicted octanol–water partition coefficient (Wildman–Crippen LogP) is 1.31. The van der Waals surface area contributed by atoms with Gasteiger partial charge < -0.3 is 10.3 Å². The van der Waals surface area contributed by atoms with Crippen molar-refractivity contribution >= 4 is 17.3 Å². The maximum absolute atomic E-state index is 12.1. The van der Waals surface area contributed by atoms with Gasteiger partial charge in [-0.1, -0.05) is 17.7 Å². The van der Waals surface area contributed by atoms with Crippen molar-refractivity contribution in [3.8, 4) is 0 Å². The fourth-order valence-electron chi connectivity index (χ4n) is 1.84. The second-order valence-corrected chi connectivity index (χ2v) is 4.52. The minimum Gasteiger partial charge on any atom is -0.398 e. The van der Waals surface area contributed by atoms with Crippen LogP contribution in [0.1, 0.15) is 12.5 Å². The van der Waals surface area contributed by atoms with Crippen LogP contribution in [0.4, 0.5) is 5.69 Å². The fraction of sp³-hybridized carbons (Fsp3) is 0.231. The fourth-order valence-corrected chi connectivity index (χ4v) is 2.08. The third-order valence-corrected chi connectivity index (χ3v) is 3.31. The van der Waals surface area contributed by atoms with Gasteiger partial charge in [0.15, 0.2) is 0 Å². The van der Waals surface area contributed by atoms with Crippen LogP contribution in [0.5, 0.6) is 0 Å². The molecule has 6 heteroatoms. The largest absolute Gasteiger partial charge is 0.398 e. The zero-order valence-corrected chi connectivity index (χ0v) is 11.2. The van der Waals surface area contributed by atoms with Crippen LogP contribution in [0.3, 0.4) is 0 Å². The molecule has 0 saturated heterocycles. The average Bonchev–Trinajstić information content (AvgIpc) is 2.37. The standard InChI is InChI=1S/C13H14ClN3O2/c1-2-16-7-6-12(18)17(13(16)19)8-9-10(14)4-3-5-11(9)15/h3-7H,2,8,15H2,1H3. The number of nitrogens with zero attached hydrogens (tertiary/aromatic N) is 2. The second-order valence-electron chi connectivity index (χ2n) is 4.12. The molecule has 2 aromatic rings. The summed E-state index contributed by atoms with van der Waals surface area (Å²) in [7, 11) is 0. The summed E-state index contributed by atoms with van der Waals surface area (Å²) in [4.78, 5) is 23.9. The van der Waals surface area contributed by atoms with Crippen molar-refractivity contribution in [2.24, 2.45) is 0 Å². The Morgan fingerprint density at radius 1 is 1.26 bits per heavy atom. The summed E-state index contributed by atoms with van der Waals surface area (Å²) in [5.74, 6) is 0. The van der Waals surface area contributed by atoms with E-state index in [0.717, 1.165) is 4.57 Å². The van der Waals surface area contributed by atoms with E-state index in [1.807, 2.05) is 6.92 Å². The Balaban J connectivity index is 2.56. The van der Waals surface area contributed by atoms with Gasteiger partial charge in [-0.2, -0.15) is 0 Å². The lowest BCUT2D eigenvalue weighted by molar-refractivity contribution is 0.600. The molecule has 0 aliphatic carbocycles. The molecule has 0 atom stereocenters. The summed E-state index contributed by atoms with van der Waals surface area (Å²) in [6.45, 7) is 2.40. The number of benzene rings is 1. The highest BCUT2D eigenvalue weighted by atomic mass is 35.5. The molecule has 19 heavy (non-hydrogen) atoms. The van der Waals surface area contributed by atoms with Gasteiger partial charge in [-0.25, -0.2) is 4.79 Å². The number of rotatable bonds is 3. The lowest BCUT2D eigenvalue weighted by Crippen LogP contribution is -2.39. The van der Waals surface area contributed by atoms with E-state index in [2.05, 4.69) is 0 Å². The van der Waals surface area contributed by atoms with E-state index in [-0.39, 0.29) is 17.8 Å². The van der Waals surface area contributed by atoms with Crippen molar-refractivity contribution in [1.82, 2.24) is 9.13 Å². The first-order valence-corrected chi connectivity index (χ1v) is 6.25. The Hall–Kier alpha value is -2.01. The van der Waals surface area contributed by atoms with Crippen LogP contribution in [-0.2, 0) is 13.1 Å². The number of aromatic nitrogens is 2. The van der Waals surface area contributed by atoms with E-state index in [9.17, 15) is 9.59 Å². The highest BCUT2D eigenvalue weighted by Crippen LogP contribution is 2.21. The molecule has 0 unspecified atom stereocenters. The highest BCUT2D eigenvalue weighted by molar-refractivity contribution is 6.31. The lowest BCUT2D eigenvalue weighted by Gasteiger charge is -2.11. The number of halogens is 1. The minimum atomic E-state index is -0.367. The third kappa shape index (κ3) is 2.56. The summed E-state index contributed by atoms with van der Waals surface area (Å²) in [5, 5.41) is 0.443. The van der Waals surface area contributed by atoms with Crippen molar-refractivity contribution in [3.05, 3.63) is 61.9 Å². The molecule has 1 heterocycles. The molecule has 5 nitrogen and oxygen atoms in total. The van der Waals surface area contributed by atoms with Gasteiger partial charge in [0.2, 0.25) is 0 Å². The highest BCUT2D eigenvalue weighted by Gasteiger charge is 2.10. The minimum absolute atomic E-state index is 0.0734. The van der Waals surface area contributed by atoms with Crippen LogP contribution in [-0.4, -0.2) is 9.13 Å². The number of anilines is 1. The molecule has 0 saturated carbocycles. The van der Waals surface area contributed by atoms with Gasteiger partial charge in [-0.05, 0) is 19.1 Å². The van der Waals surface area contributed by atoms with E-state index in [1.54, 1.807) is 18.2 Å². The van der Waals surface area contributed by atoms with E-state index >= 15 is 0 Å². The van der Waals surface area contributed by atoms with Gasteiger partial charge in [-0.3, -0.25) is 9.36 Å². The average molecular weight is 280 g/mol. The summed E-state index contributed by atoms with van der Waals surface area (Å²) < 4.78 is 2.58. The van der Waals surface area contributed by atoms with Crippen molar-refractivity contribution in [3.63, 3.8) is 0 Å². The monoisotopic (exact) mass is 279 g/mol. The van der Waals surface area contributed by atoms with E-state index in [0.29, 0.717) is 22.8 Å². The molecule has 0 aliphatic rings. The van der Waals surface area contributed by atoms with E-state index in [4.69, 9.17) is 17.3 Å². The molecule has 0 aliphatic heterocycles. The first-order chi connectivity index (χ1) is 9.04. The zero-order valence-electron chi connectivity index (χ0n) is 10.5. The van der Waals surface area contributed by atoms with Crippen LogP contribution < -0.4 is 17.0 Å². The number of nitrogens with two attached hydrogens (primary N) is 1. The van der Waals surface area contributed by atoms with Gasteiger partial charge in [-0.15, -0.1) is 0 Å². The maximum atomic E-state index is 12.1. The summed E-state index contributed by atoms with van der Waals surface area (Å²) in [5.41, 5.74) is 6.14. The van der Waals surface area contributed by atoms with Crippen LogP contribution in [0.25, 0.3) is 0 Å². The smallest absolute Gasteiger partial charge is 0.331 e. The van der Waals surface area contributed by atoms with Crippen LogP contribution in [0.2, 0.25) is 5.02 Å². The molecule has 0 bridgehead atoms. The Labute approximate surface area is 114 Å². The van der Waals surface area contributed by atoms with Crippen LogP contribution in [0, 0.1) is 0 Å². The summed E-state index contributed by atoms with van der Waals surface area (Å²) >= 11 is 6.05. The zero-order chi connectivity index (χ0) is 14.0. The maximum Gasteiger partial charge on any atom is 0.331 e. The normalized spacial score (nSPS) is 10.6. The molecular formula is C13H14ClN3O2. The first kappa shape index (κ1) is 13.4. The number of hydrogen-bond donors (Lipinski definition) is 1.